The molecule has 1 saturated carbocycles. The molecule has 3 aliphatic rings. The number of rotatable bonds is 3. The summed E-state index contributed by atoms with van der Waals surface area (Å²) in [5.74, 6) is 6.47. The maximum absolute atomic E-state index is 6.14. The van der Waals surface area contributed by atoms with E-state index in [4.69, 9.17) is 15.3 Å². The van der Waals surface area contributed by atoms with Gasteiger partial charge in [0.15, 0.2) is 0 Å². The average Bonchev–Trinajstić information content (AvgIpc) is 3.01. The summed E-state index contributed by atoms with van der Waals surface area (Å²) in [7, 11) is 0. The molecule has 0 aromatic rings. The highest BCUT2D eigenvalue weighted by atomic mass is 16.5. The fourth-order valence-electron chi connectivity index (χ4n) is 4.57. The van der Waals surface area contributed by atoms with Crippen molar-refractivity contribution in [3.63, 3.8) is 0 Å². The van der Waals surface area contributed by atoms with E-state index in [-0.39, 0.29) is 17.2 Å². The number of hydrazine groups is 1. The minimum atomic E-state index is -0.0868. The van der Waals surface area contributed by atoms with E-state index >= 15 is 0 Å². The Morgan fingerprint density at radius 2 is 1.89 bits per heavy atom. The average molecular weight is 268 g/mol. The van der Waals surface area contributed by atoms with Crippen LogP contribution in [-0.4, -0.2) is 30.5 Å². The van der Waals surface area contributed by atoms with Gasteiger partial charge in [-0.25, -0.2) is 0 Å². The molecule has 110 valence electrons. The molecule has 0 amide bonds. The zero-order chi connectivity index (χ0) is 13.3. The Balaban J connectivity index is 1.72. The first-order chi connectivity index (χ1) is 9.18. The minimum absolute atomic E-state index is 0.0868. The third-order valence-corrected chi connectivity index (χ3v) is 5.60. The zero-order valence-electron chi connectivity index (χ0n) is 12.1. The third-order valence-electron chi connectivity index (χ3n) is 5.60. The second-order valence-corrected chi connectivity index (χ2v) is 6.90. The maximum atomic E-state index is 6.14. The Labute approximate surface area is 116 Å². The van der Waals surface area contributed by atoms with Gasteiger partial charge >= 0.3 is 0 Å². The maximum Gasteiger partial charge on any atom is 0.0823 e. The summed E-state index contributed by atoms with van der Waals surface area (Å²) in [6, 6.07) is 0.261. The van der Waals surface area contributed by atoms with E-state index in [0.29, 0.717) is 5.92 Å². The molecule has 3 atom stereocenters. The second-order valence-electron chi connectivity index (χ2n) is 6.90. The van der Waals surface area contributed by atoms with Crippen molar-refractivity contribution in [2.45, 2.75) is 75.5 Å². The summed E-state index contributed by atoms with van der Waals surface area (Å²) >= 11 is 0. The molecule has 1 aliphatic carbocycles. The number of nitrogens with two attached hydrogens (primary N) is 1. The molecule has 2 saturated heterocycles. The molecule has 19 heavy (non-hydrogen) atoms. The predicted octanol–water partition coefficient (Wildman–Crippen LogP) is 2.13. The molecule has 0 aromatic carbocycles. The first kappa shape index (κ1) is 13.8. The first-order valence-electron chi connectivity index (χ1n) is 7.92. The van der Waals surface area contributed by atoms with Crippen molar-refractivity contribution >= 4 is 0 Å². The van der Waals surface area contributed by atoms with Gasteiger partial charge in [0, 0.05) is 13.2 Å². The third kappa shape index (κ3) is 2.56. The Kier molecular flexibility index (Phi) is 3.87. The van der Waals surface area contributed by atoms with Gasteiger partial charge in [0.25, 0.3) is 0 Å². The summed E-state index contributed by atoms with van der Waals surface area (Å²) in [6.07, 6.45) is 9.64. The highest BCUT2D eigenvalue weighted by molar-refractivity contribution is 5.00. The van der Waals surface area contributed by atoms with E-state index in [2.05, 4.69) is 12.3 Å². The normalized spacial score (nSPS) is 39.8. The number of hydrogen-bond acceptors (Lipinski definition) is 4. The lowest BCUT2D eigenvalue weighted by atomic mass is 9.75. The molecule has 0 aromatic heterocycles. The lowest BCUT2D eigenvalue weighted by Crippen LogP contribution is -2.58. The van der Waals surface area contributed by atoms with Crippen LogP contribution in [-0.2, 0) is 9.47 Å². The van der Waals surface area contributed by atoms with Gasteiger partial charge < -0.3 is 9.47 Å². The zero-order valence-corrected chi connectivity index (χ0v) is 12.1. The van der Waals surface area contributed by atoms with Gasteiger partial charge in [-0.3, -0.25) is 11.3 Å². The predicted molar refractivity (Wildman–Crippen MR) is 74.6 cm³/mol. The molecule has 0 bridgehead atoms. The van der Waals surface area contributed by atoms with Crippen LogP contribution in [0.5, 0.6) is 0 Å². The molecule has 3 fully saturated rings. The molecule has 4 nitrogen and oxygen atoms in total. The van der Waals surface area contributed by atoms with Crippen molar-refractivity contribution in [2.75, 3.05) is 13.2 Å². The van der Waals surface area contributed by atoms with Gasteiger partial charge in [0.1, 0.15) is 0 Å². The molecule has 2 aliphatic heterocycles. The SMILES string of the molecule is CC1(C(NN)C2CCOC3(CCCC3)C2)CCCO1. The summed E-state index contributed by atoms with van der Waals surface area (Å²) in [5.41, 5.74) is 3.15. The summed E-state index contributed by atoms with van der Waals surface area (Å²) in [6.45, 7) is 3.99. The van der Waals surface area contributed by atoms with Crippen LogP contribution in [0.25, 0.3) is 0 Å². The number of hydrogen-bond donors (Lipinski definition) is 2. The number of ether oxygens (including phenoxy) is 2. The molecule has 4 heteroatoms. The van der Waals surface area contributed by atoms with E-state index in [9.17, 15) is 0 Å². The molecule has 3 N–H and O–H groups in total. The summed E-state index contributed by atoms with van der Waals surface area (Å²) in [5, 5.41) is 0. The van der Waals surface area contributed by atoms with Crippen LogP contribution in [0.4, 0.5) is 0 Å². The second kappa shape index (κ2) is 5.32. The Hall–Kier alpha value is -0.160. The molecule has 2 heterocycles. The molecule has 3 unspecified atom stereocenters. The van der Waals surface area contributed by atoms with Crippen LogP contribution in [0, 0.1) is 5.92 Å². The van der Waals surface area contributed by atoms with Crippen molar-refractivity contribution in [3.8, 4) is 0 Å². The van der Waals surface area contributed by atoms with Crippen LogP contribution in [0.2, 0.25) is 0 Å². The molecule has 3 rings (SSSR count). The van der Waals surface area contributed by atoms with E-state index in [1.807, 2.05) is 0 Å². The number of nitrogens with one attached hydrogen (secondary N) is 1. The summed E-state index contributed by atoms with van der Waals surface area (Å²) < 4.78 is 12.2. The molecular weight excluding hydrogens is 240 g/mol. The fraction of sp³-hybridized carbons (Fsp3) is 1.00. The fourth-order valence-corrected chi connectivity index (χ4v) is 4.57. The van der Waals surface area contributed by atoms with Crippen molar-refractivity contribution in [2.24, 2.45) is 11.8 Å². The van der Waals surface area contributed by atoms with Crippen molar-refractivity contribution in [3.05, 3.63) is 0 Å². The lowest BCUT2D eigenvalue weighted by molar-refractivity contribution is -0.117. The van der Waals surface area contributed by atoms with Crippen molar-refractivity contribution < 1.29 is 9.47 Å². The van der Waals surface area contributed by atoms with E-state index in [0.717, 1.165) is 38.9 Å². The lowest BCUT2D eigenvalue weighted by Gasteiger charge is -2.45. The Morgan fingerprint density at radius 3 is 2.53 bits per heavy atom. The largest absolute Gasteiger partial charge is 0.375 e. The van der Waals surface area contributed by atoms with Gasteiger partial charge in [-0.2, -0.15) is 0 Å². The van der Waals surface area contributed by atoms with Crippen LogP contribution in [0.3, 0.4) is 0 Å². The van der Waals surface area contributed by atoms with Crippen LogP contribution >= 0.6 is 0 Å². The van der Waals surface area contributed by atoms with Crippen molar-refractivity contribution in [1.82, 2.24) is 5.43 Å². The molecular formula is C15H28N2O2. The topological polar surface area (TPSA) is 56.5 Å². The Bertz CT molecular complexity index is 309. The van der Waals surface area contributed by atoms with E-state index in [1.54, 1.807) is 0 Å². The quantitative estimate of drug-likeness (QED) is 0.608. The van der Waals surface area contributed by atoms with Gasteiger partial charge in [0.05, 0.1) is 17.2 Å². The van der Waals surface area contributed by atoms with E-state index < -0.39 is 0 Å². The minimum Gasteiger partial charge on any atom is -0.375 e. The van der Waals surface area contributed by atoms with Gasteiger partial charge in [-0.05, 0) is 51.4 Å². The smallest absolute Gasteiger partial charge is 0.0823 e. The van der Waals surface area contributed by atoms with Crippen LogP contribution in [0.1, 0.15) is 58.3 Å². The van der Waals surface area contributed by atoms with E-state index in [1.165, 1.54) is 25.7 Å². The van der Waals surface area contributed by atoms with Gasteiger partial charge in [0.2, 0.25) is 0 Å². The highest BCUT2D eigenvalue weighted by Crippen LogP contribution is 2.45. The van der Waals surface area contributed by atoms with Crippen LogP contribution in [0.15, 0.2) is 0 Å². The first-order valence-corrected chi connectivity index (χ1v) is 7.92. The standard InChI is InChI=1S/C15H28N2O2/c1-14(6-4-9-18-14)13(17-16)12-5-10-19-15(11-12)7-2-3-8-15/h12-13,17H,2-11,16H2,1H3. The monoisotopic (exact) mass is 268 g/mol. The highest BCUT2D eigenvalue weighted by Gasteiger charge is 2.47. The van der Waals surface area contributed by atoms with Gasteiger partial charge in [-0.15, -0.1) is 0 Å². The van der Waals surface area contributed by atoms with Crippen LogP contribution < -0.4 is 11.3 Å². The Morgan fingerprint density at radius 1 is 1.11 bits per heavy atom. The van der Waals surface area contributed by atoms with Crippen molar-refractivity contribution in [1.29, 1.82) is 0 Å². The summed E-state index contributed by atoms with van der Waals surface area (Å²) in [4.78, 5) is 0. The molecule has 0 radical (unpaired) electrons. The van der Waals surface area contributed by atoms with Gasteiger partial charge in [-0.1, -0.05) is 12.8 Å². The molecule has 1 spiro atoms.